The molecule has 33 heavy (non-hydrogen) atoms. The molecule has 1 unspecified atom stereocenters. The van der Waals surface area contributed by atoms with Crippen LogP contribution >= 0.6 is 0 Å². The van der Waals surface area contributed by atoms with Gasteiger partial charge in [0.2, 0.25) is 24.4 Å². The van der Waals surface area contributed by atoms with Gasteiger partial charge in [0.25, 0.3) is 0 Å². The highest BCUT2D eigenvalue weighted by Gasteiger charge is 2.35. The van der Waals surface area contributed by atoms with E-state index in [1.54, 1.807) is 29.3 Å². The number of benzene rings is 2. The Balaban J connectivity index is 1.13. The fraction of sp³-hybridized carbons (Fsp3) is 0.167. The molecule has 0 bridgehead atoms. The normalized spacial score (nSPS) is 17.0. The first kappa shape index (κ1) is 19.3. The molecule has 2 aliphatic rings. The number of aromatic nitrogens is 3. The van der Waals surface area contributed by atoms with E-state index in [9.17, 15) is 9.59 Å². The molecule has 1 N–H and O–H groups in total. The summed E-state index contributed by atoms with van der Waals surface area (Å²) < 4.78 is 12.6. The molecule has 1 atom stereocenters. The molecule has 2 amide bonds. The topological polar surface area (TPSA) is 98.1 Å². The van der Waals surface area contributed by atoms with Gasteiger partial charge < -0.3 is 19.7 Å². The maximum absolute atomic E-state index is 12.8. The minimum Gasteiger partial charge on any atom is -0.454 e. The zero-order valence-corrected chi connectivity index (χ0v) is 17.5. The summed E-state index contributed by atoms with van der Waals surface area (Å²) in [6.07, 6.45) is 5.66. The maximum Gasteiger partial charge on any atom is 0.234 e. The summed E-state index contributed by atoms with van der Waals surface area (Å²) >= 11 is 0. The summed E-state index contributed by atoms with van der Waals surface area (Å²) in [5.74, 6) is 1.17. The molecule has 1 fully saturated rings. The van der Waals surface area contributed by atoms with Gasteiger partial charge in [0.15, 0.2) is 11.5 Å². The highest BCUT2D eigenvalue weighted by Crippen LogP contribution is 2.37. The zero-order valence-electron chi connectivity index (χ0n) is 17.5. The van der Waals surface area contributed by atoms with E-state index in [-0.39, 0.29) is 25.0 Å². The van der Waals surface area contributed by atoms with Crippen molar-refractivity contribution in [3.8, 4) is 22.8 Å². The van der Waals surface area contributed by atoms with Gasteiger partial charge in [0.1, 0.15) is 0 Å². The number of fused-ring (bicyclic) bond motifs is 2. The lowest BCUT2D eigenvalue weighted by Crippen LogP contribution is -2.28. The summed E-state index contributed by atoms with van der Waals surface area (Å²) in [6.45, 7) is 0.487. The van der Waals surface area contributed by atoms with Crippen LogP contribution in [0.15, 0.2) is 67.1 Å². The van der Waals surface area contributed by atoms with Crippen molar-refractivity contribution < 1.29 is 19.1 Å². The number of imidazole rings is 1. The molecule has 4 aromatic rings. The van der Waals surface area contributed by atoms with Crippen molar-refractivity contribution in [3.63, 3.8) is 0 Å². The third kappa shape index (κ3) is 3.53. The third-order valence-electron chi connectivity index (χ3n) is 5.85. The molecule has 2 aromatic carbocycles. The molecule has 2 aromatic heterocycles. The van der Waals surface area contributed by atoms with Crippen LogP contribution in [-0.2, 0) is 9.59 Å². The number of nitrogens with zero attached hydrogens (tertiary/aromatic N) is 4. The fourth-order valence-electron chi connectivity index (χ4n) is 4.12. The molecule has 9 nitrogen and oxygen atoms in total. The van der Waals surface area contributed by atoms with Crippen molar-refractivity contribution in [2.75, 3.05) is 23.6 Å². The van der Waals surface area contributed by atoms with E-state index in [2.05, 4.69) is 15.3 Å². The number of ether oxygens (including phenoxy) is 2. The fourth-order valence-corrected chi connectivity index (χ4v) is 4.12. The molecule has 1 saturated heterocycles. The minimum atomic E-state index is -0.438. The lowest BCUT2D eigenvalue weighted by Gasteiger charge is -2.17. The molecule has 0 saturated carbocycles. The van der Waals surface area contributed by atoms with Gasteiger partial charge in [-0.05, 0) is 30.3 Å². The van der Waals surface area contributed by atoms with Crippen LogP contribution in [0.25, 0.3) is 17.0 Å². The van der Waals surface area contributed by atoms with E-state index >= 15 is 0 Å². The van der Waals surface area contributed by atoms with Crippen molar-refractivity contribution >= 4 is 29.0 Å². The van der Waals surface area contributed by atoms with Crippen LogP contribution in [0, 0.1) is 5.92 Å². The first-order valence-corrected chi connectivity index (χ1v) is 10.5. The van der Waals surface area contributed by atoms with E-state index in [4.69, 9.17) is 9.47 Å². The molecule has 4 heterocycles. The number of hydrogen-bond acceptors (Lipinski definition) is 6. The largest absolute Gasteiger partial charge is 0.454 e. The number of rotatable bonds is 4. The average Bonchev–Trinajstić information content (AvgIpc) is 3.56. The van der Waals surface area contributed by atoms with Gasteiger partial charge in [-0.1, -0.05) is 12.1 Å². The van der Waals surface area contributed by atoms with E-state index in [1.807, 2.05) is 47.1 Å². The smallest absolute Gasteiger partial charge is 0.234 e. The Morgan fingerprint density at radius 1 is 1.09 bits per heavy atom. The van der Waals surface area contributed by atoms with Crippen molar-refractivity contribution in [2.45, 2.75) is 6.42 Å². The summed E-state index contributed by atoms with van der Waals surface area (Å²) in [4.78, 5) is 35.8. The summed E-state index contributed by atoms with van der Waals surface area (Å²) in [7, 11) is 0. The van der Waals surface area contributed by atoms with Crippen LogP contribution in [0.2, 0.25) is 0 Å². The molecule has 9 heteroatoms. The predicted molar refractivity (Wildman–Crippen MR) is 120 cm³/mol. The number of amides is 2. The number of nitrogens with one attached hydrogen (secondary N) is 1. The van der Waals surface area contributed by atoms with E-state index < -0.39 is 5.92 Å². The Morgan fingerprint density at radius 2 is 1.94 bits per heavy atom. The standard InChI is InChI=1S/C24H19N5O4/c30-22-10-16(12-29(22)18-6-7-20-21(11-18)33-14-32-20)23(31)26-17-4-2-15(3-5-17)19-13-28-9-1-8-25-24(28)27-19/h1-9,11,13,16H,10,12,14H2,(H,26,31). The summed E-state index contributed by atoms with van der Waals surface area (Å²) in [5.41, 5.74) is 3.08. The lowest BCUT2D eigenvalue weighted by atomic mass is 10.1. The second-order valence-corrected chi connectivity index (χ2v) is 7.96. The average molecular weight is 441 g/mol. The Bertz CT molecular complexity index is 1350. The van der Waals surface area contributed by atoms with Gasteiger partial charge in [0.05, 0.1) is 11.6 Å². The maximum atomic E-state index is 12.8. The predicted octanol–water partition coefficient (Wildman–Crippen LogP) is 3.12. The number of carbonyl (C=O) groups excluding carboxylic acids is 2. The Labute approximate surface area is 188 Å². The van der Waals surface area contributed by atoms with Gasteiger partial charge in [0, 0.05) is 54.6 Å². The Morgan fingerprint density at radius 3 is 2.79 bits per heavy atom. The molecule has 0 spiro atoms. The number of hydrogen-bond donors (Lipinski definition) is 1. The Kier molecular flexibility index (Phi) is 4.46. The van der Waals surface area contributed by atoms with Gasteiger partial charge in [-0.15, -0.1) is 0 Å². The molecule has 6 rings (SSSR count). The van der Waals surface area contributed by atoms with Gasteiger partial charge in [-0.3, -0.25) is 14.0 Å². The van der Waals surface area contributed by atoms with Crippen LogP contribution < -0.4 is 19.7 Å². The van der Waals surface area contributed by atoms with Crippen molar-refractivity contribution in [3.05, 3.63) is 67.1 Å². The monoisotopic (exact) mass is 441 g/mol. The summed E-state index contributed by atoms with van der Waals surface area (Å²) in [6, 6.07) is 14.7. The van der Waals surface area contributed by atoms with Crippen molar-refractivity contribution in [1.82, 2.24) is 14.4 Å². The number of carbonyl (C=O) groups is 2. The van der Waals surface area contributed by atoms with E-state index in [1.165, 1.54) is 0 Å². The second kappa shape index (κ2) is 7.63. The molecule has 2 aliphatic heterocycles. The first-order valence-electron chi connectivity index (χ1n) is 10.5. The van der Waals surface area contributed by atoms with Crippen LogP contribution in [-0.4, -0.2) is 39.5 Å². The van der Waals surface area contributed by atoms with Gasteiger partial charge >= 0.3 is 0 Å². The summed E-state index contributed by atoms with van der Waals surface area (Å²) in [5, 5.41) is 2.92. The van der Waals surface area contributed by atoms with E-state index in [0.717, 1.165) is 11.3 Å². The van der Waals surface area contributed by atoms with Crippen LogP contribution in [0.4, 0.5) is 11.4 Å². The zero-order chi connectivity index (χ0) is 22.4. The molecular weight excluding hydrogens is 422 g/mol. The molecule has 0 radical (unpaired) electrons. The van der Waals surface area contributed by atoms with Gasteiger partial charge in [-0.25, -0.2) is 9.97 Å². The molecule has 164 valence electrons. The van der Waals surface area contributed by atoms with Gasteiger partial charge in [-0.2, -0.15) is 0 Å². The highest BCUT2D eigenvalue weighted by molar-refractivity contribution is 6.03. The quantitative estimate of drug-likeness (QED) is 0.523. The van der Waals surface area contributed by atoms with Crippen LogP contribution in [0.3, 0.4) is 0 Å². The van der Waals surface area contributed by atoms with E-state index in [0.29, 0.717) is 35.2 Å². The SMILES string of the molecule is O=C(Nc1ccc(-c2cn3cccnc3n2)cc1)C1CC(=O)N(c2ccc3c(c2)OCO3)C1. The number of anilines is 2. The molecule has 0 aliphatic carbocycles. The van der Waals surface area contributed by atoms with Crippen molar-refractivity contribution in [2.24, 2.45) is 5.92 Å². The van der Waals surface area contributed by atoms with Crippen LogP contribution in [0.5, 0.6) is 11.5 Å². The third-order valence-corrected chi connectivity index (χ3v) is 5.85. The van der Waals surface area contributed by atoms with Crippen LogP contribution in [0.1, 0.15) is 6.42 Å². The Hall–Kier alpha value is -4.40. The molecular formula is C24H19N5O4. The lowest BCUT2D eigenvalue weighted by molar-refractivity contribution is -0.122. The first-order chi connectivity index (χ1) is 16.1. The highest BCUT2D eigenvalue weighted by atomic mass is 16.7. The second-order valence-electron chi connectivity index (χ2n) is 7.96. The minimum absolute atomic E-state index is 0.0928. The van der Waals surface area contributed by atoms with Crippen molar-refractivity contribution in [1.29, 1.82) is 0 Å².